The first-order valence-corrected chi connectivity index (χ1v) is 8.59. The van der Waals surface area contributed by atoms with E-state index in [1.165, 1.54) is 0 Å². The molecule has 0 aliphatic carbocycles. The van der Waals surface area contributed by atoms with Crippen LogP contribution >= 0.6 is 0 Å². The maximum absolute atomic E-state index is 11.7. The van der Waals surface area contributed by atoms with E-state index < -0.39 is 10.0 Å². The molecule has 6 heteroatoms. The molecule has 0 bridgehead atoms. The first kappa shape index (κ1) is 15.1. The minimum absolute atomic E-state index is 0.0291. The van der Waals surface area contributed by atoms with Crippen molar-refractivity contribution in [2.24, 2.45) is 0 Å². The topological polar surface area (TPSA) is 58.6 Å². The Balaban J connectivity index is 2.11. The standard InChI is InChI=1S/C14H22N2O3S/c1-3-20(17,18)15-12-7-6-10-16(11-12)13-8-4-5-9-14(13)19-2/h4-5,8-9,12,15H,3,6-7,10-11H2,1-2H3/t12-/m0/s1. The normalized spacial score (nSPS) is 19.9. The highest BCUT2D eigenvalue weighted by Crippen LogP contribution is 2.29. The van der Waals surface area contributed by atoms with Crippen molar-refractivity contribution in [1.29, 1.82) is 0 Å². The number of benzene rings is 1. The van der Waals surface area contributed by atoms with Gasteiger partial charge in [0.2, 0.25) is 10.0 Å². The first-order valence-electron chi connectivity index (χ1n) is 6.93. The summed E-state index contributed by atoms with van der Waals surface area (Å²) in [6.45, 7) is 3.26. The lowest BCUT2D eigenvalue weighted by molar-refractivity contribution is 0.409. The number of ether oxygens (including phenoxy) is 1. The van der Waals surface area contributed by atoms with E-state index in [0.29, 0.717) is 6.54 Å². The van der Waals surface area contributed by atoms with Crippen LogP contribution in [0.5, 0.6) is 5.75 Å². The molecule has 0 radical (unpaired) electrons. The average molecular weight is 298 g/mol. The zero-order chi connectivity index (χ0) is 14.6. The van der Waals surface area contributed by atoms with E-state index in [4.69, 9.17) is 4.74 Å². The molecule has 1 aliphatic rings. The minimum atomic E-state index is -3.15. The SMILES string of the molecule is CCS(=O)(=O)N[C@H]1CCCN(c2ccccc2OC)C1. The summed E-state index contributed by atoms with van der Waals surface area (Å²) < 4.78 is 31.5. The van der Waals surface area contributed by atoms with Crippen molar-refractivity contribution in [2.75, 3.05) is 30.9 Å². The zero-order valence-electron chi connectivity index (χ0n) is 12.0. The van der Waals surface area contributed by atoms with Crippen LogP contribution in [-0.4, -0.2) is 40.4 Å². The molecule has 1 fully saturated rings. The van der Waals surface area contributed by atoms with Crippen molar-refractivity contribution in [2.45, 2.75) is 25.8 Å². The van der Waals surface area contributed by atoms with Crippen LogP contribution in [0.3, 0.4) is 0 Å². The summed E-state index contributed by atoms with van der Waals surface area (Å²) in [4.78, 5) is 2.19. The first-order chi connectivity index (χ1) is 9.55. The van der Waals surface area contributed by atoms with Gasteiger partial charge in [0.05, 0.1) is 18.6 Å². The molecule has 1 aromatic carbocycles. The van der Waals surface area contributed by atoms with Crippen molar-refractivity contribution in [3.05, 3.63) is 24.3 Å². The molecule has 1 heterocycles. The van der Waals surface area contributed by atoms with Gasteiger partial charge in [-0.1, -0.05) is 12.1 Å². The van der Waals surface area contributed by atoms with Crippen LogP contribution in [0, 0.1) is 0 Å². The van der Waals surface area contributed by atoms with Crippen molar-refractivity contribution in [3.63, 3.8) is 0 Å². The summed E-state index contributed by atoms with van der Waals surface area (Å²) in [6.07, 6.45) is 1.85. The summed E-state index contributed by atoms with van der Waals surface area (Å²) in [5.41, 5.74) is 1.02. The molecule has 0 amide bonds. The summed E-state index contributed by atoms with van der Waals surface area (Å²) in [6, 6.07) is 7.81. The van der Waals surface area contributed by atoms with Crippen molar-refractivity contribution in [1.82, 2.24) is 4.72 Å². The second kappa shape index (κ2) is 6.45. The van der Waals surface area contributed by atoms with E-state index in [-0.39, 0.29) is 11.8 Å². The number of rotatable bonds is 5. The number of hydrogen-bond acceptors (Lipinski definition) is 4. The van der Waals surface area contributed by atoms with E-state index >= 15 is 0 Å². The van der Waals surface area contributed by atoms with Gasteiger partial charge in [0.1, 0.15) is 5.75 Å². The van der Waals surface area contributed by atoms with Crippen molar-refractivity contribution in [3.8, 4) is 5.75 Å². The second-order valence-electron chi connectivity index (χ2n) is 4.98. The molecule has 20 heavy (non-hydrogen) atoms. The fourth-order valence-corrected chi connectivity index (χ4v) is 3.39. The number of para-hydroxylation sites is 2. The van der Waals surface area contributed by atoms with Gasteiger partial charge >= 0.3 is 0 Å². The lowest BCUT2D eigenvalue weighted by Crippen LogP contribution is -2.48. The molecule has 0 aromatic heterocycles. The number of nitrogens with one attached hydrogen (secondary N) is 1. The predicted octanol–water partition coefficient (Wildman–Crippen LogP) is 1.60. The number of piperidine rings is 1. The van der Waals surface area contributed by atoms with E-state index in [2.05, 4.69) is 9.62 Å². The van der Waals surface area contributed by atoms with Gasteiger partial charge in [0.15, 0.2) is 0 Å². The maximum atomic E-state index is 11.7. The smallest absolute Gasteiger partial charge is 0.211 e. The largest absolute Gasteiger partial charge is 0.495 e. The number of anilines is 1. The van der Waals surface area contributed by atoms with Crippen LogP contribution in [0.15, 0.2) is 24.3 Å². The zero-order valence-corrected chi connectivity index (χ0v) is 12.8. The Bertz CT molecular complexity index is 545. The van der Waals surface area contributed by atoms with Crippen molar-refractivity contribution < 1.29 is 13.2 Å². The Hall–Kier alpha value is -1.27. The number of hydrogen-bond donors (Lipinski definition) is 1. The van der Waals surface area contributed by atoms with Crippen LogP contribution in [0.25, 0.3) is 0 Å². The van der Waals surface area contributed by atoms with Gasteiger partial charge in [-0.2, -0.15) is 0 Å². The Labute approximate surface area is 121 Å². The fourth-order valence-electron chi connectivity index (χ4n) is 2.52. The number of nitrogens with zero attached hydrogens (tertiary/aromatic N) is 1. The average Bonchev–Trinajstić information content (AvgIpc) is 2.47. The molecule has 0 spiro atoms. The Morgan fingerprint density at radius 1 is 1.40 bits per heavy atom. The second-order valence-corrected chi connectivity index (χ2v) is 7.02. The van der Waals surface area contributed by atoms with Crippen LogP contribution in [0.2, 0.25) is 0 Å². The van der Waals surface area contributed by atoms with Gasteiger partial charge < -0.3 is 9.64 Å². The predicted molar refractivity (Wildman–Crippen MR) is 80.8 cm³/mol. The molecule has 1 N–H and O–H groups in total. The third-order valence-electron chi connectivity index (χ3n) is 3.57. The third kappa shape index (κ3) is 3.64. The highest BCUT2D eigenvalue weighted by molar-refractivity contribution is 7.89. The molecule has 0 unspecified atom stereocenters. The van der Waals surface area contributed by atoms with Crippen LogP contribution in [0.4, 0.5) is 5.69 Å². The van der Waals surface area contributed by atoms with E-state index in [1.54, 1.807) is 14.0 Å². The van der Waals surface area contributed by atoms with Gasteiger partial charge in [-0.15, -0.1) is 0 Å². The van der Waals surface area contributed by atoms with Gasteiger partial charge in [0, 0.05) is 19.1 Å². The van der Waals surface area contributed by atoms with Gasteiger partial charge in [0.25, 0.3) is 0 Å². The van der Waals surface area contributed by atoms with E-state index in [0.717, 1.165) is 30.8 Å². The highest BCUT2D eigenvalue weighted by atomic mass is 32.2. The van der Waals surface area contributed by atoms with Crippen LogP contribution in [-0.2, 0) is 10.0 Å². The van der Waals surface area contributed by atoms with Gasteiger partial charge in [-0.25, -0.2) is 13.1 Å². The summed E-state index contributed by atoms with van der Waals surface area (Å²) >= 11 is 0. The molecule has 1 aromatic rings. The molecule has 2 rings (SSSR count). The molecule has 1 saturated heterocycles. The Morgan fingerprint density at radius 2 is 2.15 bits per heavy atom. The molecule has 1 aliphatic heterocycles. The number of methoxy groups -OCH3 is 1. The Morgan fingerprint density at radius 3 is 2.85 bits per heavy atom. The summed E-state index contributed by atoms with van der Waals surface area (Å²) in [7, 11) is -1.50. The van der Waals surface area contributed by atoms with Crippen LogP contribution < -0.4 is 14.4 Å². The fraction of sp³-hybridized carbons (Fsp3) is 0.571. The monoisotopic (exact) mass is 298 g/mol. The van der Waals surface area contributed by atoms with Crippen molar-refractivity contribution >= 4 is 15.7 Å². The van der Waals surface area contributed by atoms with Crippen LogP contribution in [0.1, 0.15) is 19.8 Å². The third-order valence-corrected chi connectivity index (χ3v) is 5.03. The molecule has 112 valence electrons. The lowest BCUT2D eigenvalue weighted by atomic mass is 10.1. The highest BCUT2D eigenvalue weighted by Gasteiger charge is 2.24. The number of sulfonamides is 1. The Kier molecular flexibility index (Phi) is 4.88. The minimum Gasteiger partial charge on any atom is -0.495 e. The molecule has 1 atom stereocenters. The van der Waals surface area contributed by atoms with Gasteiger partial charge in [-0.05, 0) is 31.9 Å². The quantitative estimate of drug-likeness (QED) is 0.897. The summed E-state index contributed by atoms with van der Waals surface area (Å²) in [5, 5.41) is 0. The van der Waals surface area contributed by atoms with E-state index in [1.807, 2.05) is 24.3 Å². The molecular weight excluding hydrogens is 276 g/mol. The molecule has 0 saturated carbocycles. The van der Waals surface area contributed by atoms with Gasteiger partial charge in [-0.3, -0.25) is 0 Å². The maximum Gasteiger partial charge on any atom is 0.211 e. The lowest BCUT2D eigenvalue weighted by Gasteiger charge is -2.35. The molecule has 5 nitrogen and oxygen atoms in total. The van der Waals surface area contributed by atoms with E-state index in [9.17, 15) is 8.42 Å². The molecular formula is C14H22N2O3S. The summed E-state index contributed by atoms with van der Waals surface area (Å²) in [5.74, 6) is 0.949.